The first-order valence-corrected chi connectivity index (χ1v) is 6.31. The third-order valence-electron chi connectivity index (χ3n) is 3.68. The molecule has 1 aliphatic carbocycles. The molecule has 1 unspecified atom stereocenters. The van der Waals surface area contributed by atoms with Crippen LogP contribution in [0.4, 0.5) is 5.69 Å². The zero-order valence-electron chi connectivity index (χ0n) is 11.3. The number of nitrogens with two attached hydrogens (primary N) is 1. The van der Waals surface area contributed by atoms with Crippen molar-refractivity contribution in [1.82, 2.24) is 0 Å². The molecule has 0 radical (unpaired) electrons. The largest absolute Gasteiger partial charge is 0.465 e. The highest BCUT2D eigenvalue weighted by Gasteiger charge is 2.30. The molecule has 0 amide bonds. The average Bonchev–Trinajstić information content (AvgIpc) is 2.78. The van der Waals surface area contributed by atoms with Crippen LogP contribution in [-0.4, -0.2) is 20.2 Å². The van der Waals surface area contributed by atoms with Crippen molar-refractivity contribution in [1.29, 1.82) is 0 Å². The normalized spacial score (nSPS) is 15.6. The van der Waals surface area contributed by atoms with Crippen LogP contribution in [0.2, 0.25) is 0 Å². The van der Waals surface area contributed by atoms with E-state index in [1.54, 1.807) is 19.2 Å². The van der Waals surface area contributed by atoms with Gasteiger partial charge in [-0.25, -0.2) is 4.79 Å². The Morgan fingerprint density at radius 3 is 2.55 bits per heavy atom. The van der Waals surface area contributed by atoms with Crippen LogP contribution in [0.1, 0.15) is 27.6 Å². The molecule has 2 aromatic rings. The number of nitrogen functional groups attached to an aromatic ring is 1. The predicted molar refractivity (Wildman–Crippen MR) is 76.5 cm³/mol. The van der Waals surface area contributed by atoms with Gasteiger partial charge < -0.3 is 15.2 Å². The molecule has 4 nitrogen and oxygen atoms in total. The molecule has 2 N–H and O–H groups in total. The Morgan fingerprint density at radius 1 is 1.10 bits per heavy atom. The smallest absolute Gasteiger partial charge is 0.339 e. The number of hydrogen-bond acceptors (Lipinski definition) is 4. The minimum atomic E-state index is -0.427. The number of anilines is 1. The van der Waals surface area contributed by atoms with E-state index in [1.165, 1.54) is 7.11 Å². The molecular formula is C16H15NO3. The van der Waals surface area contributed by atoms with Crippen LogP contribution in [0.5, 0.6) is 0 Å². The van der Waals surface area contributed by atoms with Crippen molar-refractivity contribution in [2.45, 2.75) is 6.10 Å². The summed E-state index contributed by atoms with van der Waals surface area (Å²) in [5.74, 6) is -0.427. The van der Waals surface area contributed by atoms with E-state index in [9.17, 15) is 4.79 Å². The van der Waals surface area contributed by atoms with E-state index in [4.69, 9.17) is 15.2 Å². The molecule has 0 heterocycles. The van der Waals surface area contributed by atoms with E-state index in [0.717, 1.165) is 22.3 Å². The summed E-state index contributed by atoms with van der Waals surface area (Å²) >= 11 is 0. The molecule has 3 rings (SSSR count). The van der Waals surface area contributed by atoms with E-state index in [-0.39, 0.29) is 6.10 Å². The van der Waals surface area contributed by atoms with Crippen LogP contribution < -0.4 is 5.73 Å². The van der Waals surface area contributed by atoms with Crippen molar-refractivity contribution in [2.24, 2.45) is 0 Å². The van der Waals surface area contributed by atoms with Crippen molar-refractivity contribution >= 4 is 11.7 Å². The third kappa shape index (κ3) is 1.69. The quantitative estimate of drug-likeness (QED) is 0.672. The monoisotopic (exact) mass is 269 g/mol. The highest BCUT2D eigenvalue weighted by atomic mass is 16.5. The van der Waals surface area contributed by atoms with Crippen LogP contribution >= 0.6 is 0 Å². The highest BCUT2D eigenvalue weighted by Crippen LogP contribution is 2.46. The summed E-state index contributed by atoms with van der Waals surface area (Å²) in [6.45, 7) is 0. The second-order valence-electron chi connectivity index (χ2n) is 4.72. The maximum Gasteiger partial charge on any atom is 0.339 e. The number of benzene rings is 2. The van der Waals surface area contributed by atoms with E-state index < -0.39 is 5.97 Å². The lowest BCUT2D eigenvalue weighted by atomic mass is 10.0. The van der Waals surface area contributed by atoms with Crippen molar-refractivity contribution in [3.05, 3.63) is 53.1 Å². The zero-order chi connectivity index (χ0) is 14.3. The van der Waals surface area contributed by atoms with Crippen molar-refractivity contribution in [3.8, 4) is 11.1 Å². The Bertz CT molecular complexity index is 694. The van der Waals surface area contributed by atoms with Gasteiger partial charge in [-0.3, -0.25) is 0 Å². The Kier molecular flexibility index (Phi) is 2.95. The molecule has 0 aliphatic heterocycles. The van der Waals surface area contributed by atoms with Crippen LogP contribution in [0.15, 0.2) is 36.4 Å². The molecule has 102 valence electrons. The van der Waals surface area contributed by atoms with Crippen molar-refractivity contribution < 1.29 is 14.3 Å². The molecule has 4 heteroatoms. The van der Waals surface area contributed by atoms with Gasteiger partial charge in [-0.2, -0.15) is 0 Å². The number of methoxy groups -OCH3 is 2. The maximum absolute atomic E-state index is 11.8. The Morgan fingerprint density at radius 2 is 1.85 bits per heavy atom. The van der Waals surface area contributed by atoms with E-state index in [0.29, 0.717) is 11.3 Å². The standard InChI is InChI=1S/C16H15NO3/c1-19-15-10-6-4-3-5-9(10)11-7-13(16(18)20-2)14(17)8-12(11)15/h3-8,15H,17H2,1-2H3. The first-order valence-electron chi connectivity index (χ1n) is 6.31. The number of carbonyl (C=O) groups is 1. The van der Waals surface area contributed by atoms with Gasteiger partial charge in [0, 0.05) is 12.8 Å². The molecule has 2 aromatic carbocycles. The highest BCUT2D eigenvalue weighted by molar-refractivity contribution is 5.98. The topological polar surface area (TPSA) is 61.5 Å². The molecule has 0 saturated carbocycles. The maximum atomic E-state index is 11.8. The Labute approximate surface area is 117 Å². The average molecular weight is 269 g/mol. The zero-order valence-corrected chi connectivity index (χ0v) is 11.3. The summed E-state index contributed by atoms with van der Waals surface area (Å²) in [7, 11) is 3.02. The van der Waals surface area contributed by atoms with E-state index in [1.807, 2.05) is 24.3 Å². The van der Waals surface area contributed by atoms with Crippen molar-refractivity contribution in [3.63, 3.8) is 0 Å². The number of fused-ring (bicyclic) bond motifs is 3. The molecule has 0 aromatic heterocycles. The van der Waals surface area contributed by atoms with Crippen LogP contribution in [0, 0.1) is 0 Å². The number of rotatable bonds is 2. The fraction of sp³-hybridized carbons (Fsp3) is 0.188. The fourth-order valence-electron chi connectivity index (χ4n) is 2.76. The van der Waals surface area contributed by atoms with E-state index in [2.05, 4.69) is 0 Å². The van der Waals surface area contributed by atoms with Crippen LogP contribution in [-0.2, 0) is 9.47 Å². The molecule has 0 bridgehead atoms. The molecule has 0 spiro atoms. The Hall–Kier alpha value is -2.33. The number of ether oxygens (including phenoxy) is 2. The molecular weight excluding hydrogens is 254 g/mol. The van der Waals surface area contributed by atoms with Gasteiger partial charge in [0.05, 0.1) is 12.7 Å². The number of esters is 1. The van der Waals surface area contributed by atoms with Gasteiger partial charge in [-0.05, 0) is 34.4 Å². The molecule has 1 aliphatic rings. The summed E-state index contributed by atoms with van der Waals surface area (Å²) in [5.41, 5.74) is 10.9. The van der Waals surface area contributed by atoms with Gasteiger partial charge >= 0.3 is 5.97 Å². The SMILES string of the molecule is COC(=O)c1cc2c(cc1N)C(OC)c1ccccc1-2. The summed E-state index contributed by atoms with van der Waals surface area (Å²) in [5, 5.41) is 0. The van der Waals surface area contributed by atoms with Crippen LogP contribution in [0.3, 0.4) is 0 Å². The summed E-state index contributed by atoms with van der Waals surface area (Å²) in [6.07, 6.45) is -0.143. The van der Waals surface area contributed by atoms with Gasteiger partial charge in [-0.15, -0.1) is 0 Å². The Balaban J connectivity index is 2.25. The van der Waals surface area contributed by atoms with Gasteiger partial charge in [0.25, 0.3) is 0 Å². The molecule has 0 fully saturated rings. The second kappa shape index (κ2) is 4.65. The minimum absolute atomic E-state index is 0.143. The van der Waals surface area contributed by atoms with Gasteiger partial charge in [0.1, 0.15) is 6.10 Å². The molecule has 1 atom stereocenters. The summed E-state index contributed by atoms with van der Waals surface area (Å²) in [4.78, 5) is 11.8. The number of hydrogen-bond donors (Lipinski definition) is 1. The van der Waals surface area contributed by atoms with E-state index >= 15 is 0 Å². The molecule has 20 heavy (non-hydrogen) atoms. The lowest BCUT2D eigenvalue weighted by molar-refractivity contribution is 0.0602. The minimum Gasteiger partial charge on any atom is -0.465 e. The summed E-state index contributed by atoms with van der Waals surface area (Å²) in [6, 6.07) is 11.6. The van der Waals surface area contributed by atoms with Crippen molar-refractivity contribution in [2.75, 3.05) is 20.0 Å². The van der Waals surface area contributed by atoms with Gasteiger partial charge in [0.2, 0.25) is 0 Å². The summed E-state index contributed by atoms with van der Waals surface area (Å²) < 4.78 is 10.3. The number of carbonyl (C=O) groups excluding carboxylic acids is 1. The lowest BCUT2D eigenvalue weighted by Crippen LogP contribution is -2.07. The molecule has 0 saturated heterocycles. The predicted octanol–water partition coefficient (Wildman–Crippen LogP) is 2.77. The van der Waals surface area contributed by atoms with Crippen LogP contribution in [0.25, 0.3) is 11.1 Å². The van der Waals surface area contributed by atoms with Gasteiger partial charge in [0.15, 0.2) is 0 Å². The first kappa shape index (κ1) is 12.7. The first-order chi connectivity index (χ1) is 9.67. The fourth-order valence-corrected chi connectivity index (χ4v) is 2.76. The third-order valence-corrected chi connectivity index (χ3v) is 3.68. The van der Waals surface area contributed by atoms with Gasteiger partial charge in [-0.1, -0.05) is 24.3 Å². The second-order valence-corrected chi connectivity index (χ2v) is 4.72. The lowest BCUT2D eigenvalue weighted by Gasteiger charge is -2.12.